The van der Waals surface area contributed by atoms with Gasteiger partial charge in [0.25, 0.3) is 5.91 Å². The molecule has 0 fully saturated rings. The highest BCUT2D eigenvalue weighted by atomic mass is 19.1. The zero-order valence-electron chi connectivity index (χ0n) is 14.5. The van der Waals surface area contributed by atoms with Crippen LogP contribution in [0.4, 0.5) is 15.9 Å². The first kappa shape index (κ1) is 16.6. The average molecular weight is 366 g/mol. The van der Waals surface area contributed by atoms with E-state index in [0.717, 1.165) is 28.3 Å². The van der Waals surface area contributed by atoms with Crippen LogP contribution in [0.5, 0.6) is 0 Å². The molecule has 0 spiro atoms. The Balaban J connectivity index is 1.75. The molecule has 4 aromatic heterocycles. The van der Waals surface area contributed by atoms with Gasteiger partial charge in [-0.05, 0) is 19.9 Å². The van der Waals surface area contributed by atoms with E-state index >= 15 is 0 Å². The molecule has 0 saturated carbocycles. The number of rotatable bonds is 3. The highest BCUT2D eigenvalue weighted by molar-refractivity contribution is 6.12. The molecule has 3 N–H and O–H groups in total. The lowest BCUT2D eigenvalue weighted by Gasteiger charge is -2.12. The second-order valence-corrected chi connectivity index (χ2v) is 5.93. The molecule has 4 aromatic rings. The van der Waals surface area contributed by atoms with Crippen LogP contribution in [-0.4, -0.2) is 35.0 Å². The quantitative estimate of drug-likeness (QED) is 0.572. The zero-order chi connectivity index (χ0) is 19.1. The standard InChI is InChI=1S/C17H15FN8O/c1-9-10(2)25(8-22-9)13-3-4-20-6-12(13)23-17(27)14-15(19)24-26-7-11(18)5-21-16(14)26/h3-8H,1-2H3,(H2,19,24)(H,23,27). The average Bonchev–Trinajstić information content (AvgIpc) is 3.14. The number of nitrogen functional groups attached to an aromatic ring is 1. The third-order valence-electron chi connectivity index (χ3n) is 4.25. The molecule has 0 radical (unpaired) electrons. The second kappa shape index (κ2) is 6.16. The minimum absolute atomic E-state index is 0.0503. The lowest BCUT2D eigenvalue weighted by atomic mass is 10.2. The van der Waals surface area contributed by atoms with Crippen molar-refractivity contribution >= 4 is 23.1 Å². The summed E-state index contributed by atoms with van der Waals surface area (Å²) < 4.78 is 16.3. The van der Waals surface area contributed by atoms with Crippen LogP contribution >= 0.6 is 0 Å². The van der Waals surface area contributed by atoms with Gasteiger partial charge in [0.05, 0.1) is 42.0 Å². The van der Waals surface area contributed by atoms with Crippen LogP contribution in [0.1, 0.15) is 21.7 Å². The summed E-state index contributed by atoms with van der Waals surface area (Å²) in [4.78, 5) is 25.1. The number of halogens is 1. The number of anilines is 2. The van der Waals surface area contributed by atoms with Crippen LogP contribution in [0.15, 0.2) is 37.2 Å². The number of imidazole rings is 1. The van der Waals surface area contributed by atoms with Crippen molar-refractivity contribution in [2.24, 2.45) is 0 Å². The highest BCUT2D eigenvalue weighted by Crippen LogP contribution is 2.24. The number of nitrogens with zero attached hydrogens (tertiary/aromatic N) is 6. The number of aromatic nitrogens is 6. The third-order valence-corrected chi connectivity index (χ3v) is 4.25. The number of nitrogens with two attached hydrogens (primary N) is 1. The summed E-state index contributed by atoms with van der Waals surface area (Å²) in [7, 11) is 0. The lowest BCUT2D eigenvalue weighted by molar-refractivity contribution is 0.102. The Morgan fingerprint density at radius 2 is 2.07 bits per heavy atom. The van der Waals surface area contributed by atoms with Crippen molar-refractivity contribution in [2.45, 2.75) is 13.8 Å². The number of hydrogen-bond acceptors (Lipinski definition) is 6. The van der Waals surface area contributed by atoms with Gasteiger partial charge in [0.15, 0.2) is 17.3 Å². The Morgan fingerprint density at radius 1 is 1.26 bits per heavy atom. The Hall–Kier alpha value is -3.82. The van der Waals surface area contributed by atoms with E-state index in [2.05, 4.69) is 25.4 Å². The largest absolute Gasteiger partial charge is 0.381 e. The summed E-state index contributed by atoms with van der Waals surface area (Å²) in [5, 5.41) is 6.71. The van der Waals surface area contributed by atoms with E-state index in [9.17, 15) is 9.18 Å². The minimum Gasteiger partial charge on any atom is -0.381 e. The Kier molecular flexibility index (Phi) is 3.80. The number of amides is 1. The number of fused-ring (bicyclic) bond motifs is 1. The van der Waals surface area contributed by atoms with E-state index in [1.165, 1.54) is 6.20 Å². The molecule has 0 aromatic carbocycles. The van der Waals surface area contributed by atoms with Crippen LogP contribution in [0, 0.1) is 19.7 Å². The van der Waals surface area contributed by atoms with E-state index in [0.29, 0.717) is 11.4 Å². The molecule has 136 valence electrons. The molecule has 27 heavy (non-hydrogen) atoms. The molecular formula is C17H15FN8O. The maximum Gasteiger partial charge on any atom is 0.263 e. The summed E-state index contributed by atoms with van der Waals surface area (Å²) in [5.74, 6) is -1.16. The van der Waals surface area contributed by atoms with E-state index in [4.69, 9.17) is 5.73 Å². The normalized spacial score (nSPS) is 11.1. The topological polar surface area (TPSA) is 116 Å². The highest BCUT2D eigenvalue weighted by Gasteiger charge is 2.21. The van der Waals surface area contributed by atoms with Gasteiger partial charge in [-0.2, -0.15) is 0 Å². The fraction of sp³-hybridized carbons (Fsp3) is 0.118. The van der Waals surface area contributed by atoms with Gasteiger partial charge >= 0.3 is 0 Å². The van der Waals surface area contributed by atoms with Crippen molar-refractivity contribution in [3.8, 4) is 5.69 Å². The Labute approximate surface area is 152 Å². The van der Waals surface area contributed by atoms with Crippen molar-refractivity contribution in [3.05, 3.63) is 59.9 Å². The molecule has 10 heteroatoms. The van der Waals surface area contributed by atoms with Gasteiger partial charge in [-0.1, -0.05) is 0 Å². The predicted octanol–water partition coefficient (Wildman–Crippen LogP) is 1.90. The second-order valence-electron chi connectivity index (χ2n) is 5.93. The van der Waals surface area contributed by atoms with E-state index in [1.807, 2.05) is 18.4 Å². The van der Waals surface area contributed by atoms with Crippen LogP contribution in [0.2, 0.25) is 0 Å². The van der Waals surface area contributed by atoms with E-state index < -0.39 is 11.7 Å². The molecule has 9 nitrogen and oxygen atoms in total. The molecule has 0 aliphatic carbocycles. The first-order chi connectivity index (χ1) is 13.0. The van der Waals surface area contributed by atoms with Crippen molar-refractivity contribution in [2.75, 3.05) is 11.1 Å². The fourth-order valence-corrected chi connectivity index (χ4v) is 2.77. The maximum absolute atomic E-state index is 13.3. The van der Waals surface area contributed by atoms with E-state index in [-0.39, 0.29) is 17.0 Å². The maximum atomic E-state index is 13.3. The zero-order valence-corrected chi connectivity index (χ0v) is 14.5. The van der Waals surface area contributed by atoms with Crippen LogP contribution in [-0.2, 0) is 0 Å². The van der Waals surface area contributed by atoms with Crippen molar-refractivity contribution in [3.63, 3.8) is 0 Å². The lowest BCUT2D eigenvalue weighted by Crippen LogP contribution is -2.16. The number of nitrogens with one attached hydrogen (secondary N) is 1. The molecule has 0 unspecified atom stereocenters. The van der Waals surface area contributed by atoms with Crippen LogP contribution < -0.4 is 11.1 Å². The number of carbonyl (C=O) groups excluding carboxylic acids is 1. The number of hydrogen-bond donors (Lipinski definition) is 2. The third kappa shape index (κ3) is 2.76. The van der Waals surface area contributed by atoms with E-state index in [1.54, 1.807) is 18.6 Å². The van der Waals surface area contributed by atoms with Gasteiger partial charge in [0, 0.05) is 11.9 Å². The molecule has 1 amide bonds. The SMILES string of the molecule is Cc1ncn(-c2ccncc2NC(=O)c2c(N)nn3cc(F)cnc23)c1C. The summed E-state index contributed by atoms with van der Waals surface area (Å²) in [6.07, 6.45) is 6.91. The molecule has 0 aliphatic rings. The molecular weight excluding hydrogens is 351 g/mol. The van der Waals surface area contributed by atoms with Crippen LogP contribution in [0.3, 0.4) is 0 Å². The molecule has 4 heterocycles. The number of carbonyl (C=O) groups is 1. The van der Waals surface area contributed by atoms with Gasteiger partial charge in [0.2, 0.25) is 0 Å². The van der Waals surface area contributed by atoms with Gasteiger partial charge in [-0.3, -0.25) is 9.78 Å². The number of aryl methyl sites for hydroxylation is 1. The van der Waals surface area contributed by atoms with Gasteiger partial charge in [-0.15, -0.1) is 5.10 Å². The summed E-state index contributed by atoms with van der Waals surface area (Å²) in [5.41, 5.74) is 9.04. The molecule has 0 aliphatic heterocycles. The van der Waals surface area contributed by atoms with Gasteiger partial charge < -0.3 is 15.6 Å². The smallest absolute Gasteiger partial charge is 0.263 e. The Morgan fingerprint density at radius 3 is 2.81 bits per heavy atom. The molecule has 0 bridgehead atoms. The molecule has 0 saturated heterocycles. The van der Waals surface area contributed by atoms with Crippen LogP contribution in [0.25, 0.3) is 11.3 Å². The molecule has 4 rings (SSSR count). The minimum atomic E-state index is -0.586. The van der Waals surface area contributed by atoms with Crippen molar-refractivity contribution in [1.29, 1.82) is 0 Å². The van der Waals surface area contributed by atoms with Crippen molar-refractivity contribution in [1.82, 2.24) is 29.1 Å². The first-order valence-electron chi connectivity index (χ1n) is 8.01. The monoisotopic (exact) mass is 366 g/mol. The first-order valence-corrected chi connectivity index (χ1v) is 8.01. The summed E-state index contributed by atoms with van der Waals surface area (Å²) in [6, 6.07) is 1.76. The Bertz CT molecular complexity index is 1180. The van der Waals surface area contributed by atoms with Gasteiger partial charge in [0.1, 0.15) is 5.56 Å². The fourth-order valence-electron chi connectivity index (χ4n) is 2.77. The molecule has 0 atom stereocenters. The predicted molar refractivity (Wildman–Crippen MR) is 96.1 cm³/mol. The number of pyridine rings is 1. The van der Waals surface area contributed by atoms with Crippen molar-refractivity contribution < 1.29 is 9.18 Å². The summed E-state index contributed by atoms with van der Waals surface area (Å²) in [6.45, 7) is 3.83. The van der Waals surface area contributed by atoms with Gasteiger partial charge in [-0.25, -0.2) is 18.9 Å². The summed E-state index contributed by atoms with van der Waals surface area (Å²) >= 11 is 0.